The van der Waals surface area contributed by atoms with Crippen LogP contribution in [0.25, 0.3) is 26.9 Å². The highest BCUT2D eigenvalue weighted by molar-refractivity contribution is 7.21. The van der Waals surface area contributed by atoms with Crippen LogP contribution in [0, 0.1) is 0 Å². The number of carbonyl (C=O) groups excluding carboxylic acids is 1. The zero-order chi connectivity index (χ0) is 32.5. The predicted molar refractivity (Wildman–Crippen MR) is 180 cm³/mol. The lowest BCUT2D eigenvalue weighted by Gasteiger charge is -2.14. The van der Waals surface area contributed by atoms with Gasteiger partial charge in [-0.2, -0.15) is 0 Å². The molecule has 5 aromatic rings. The second-order valence-corrected chi connectivity index (χ2v) is 11.0. The first-order valence-electron chi connectivity index (χ1n) is 14.5. The molecule has 238 valence electrons. The number of para-hydroxylation sites is 1. The van der Waals surface area contributed by atoms with Crippen LogP contribution in [0.3, 0.4) is 0 Å². The number of hydrogen-bond acceptors (Lipinski definition) is 10. The first-order valence-corrected chi connectivity index (χ1v) is 15.3. The van der Waals surface area contributed by atoms with E-state index in [1.54, 1.807) is 49.8 Å². The highest BCUT2D eigenvalue weighted by Gasteiger charge is 2.16. The Labute approximate surface area is 271 Å². The van der Waals surface area contributed by atoms with E-state index >= 15 is 0 Å². The molecule has 0 amide bonds. The van der Waals surface area contributed by atoms with E-state index < -0.39 is 0 Å². The number of carbonyl (C=O) groups is 1. The molecule has 0 atom stereocenters. The van der Waals surface area contributed by atoms with E-state index in [1.807, 2.05) is 48.5 Å². The van der Waals surface area contributed by atoms with Crippen LogP contribution >= 0.6 is 11.3 Å². The zero-order valence-electron chi connectivity index (χ0n) is 26.3. The third kappa shape index (κ3) is 7.35. The van der Waals surface area contributed by atoms with Crippen molar-refractivity contribution < 1.29 is 38.0 Å². The van der Waals surface area contributed by atoms with Gasteiger partial charge in [0.2, 0.25) is 5.75 Å². The Bertz CT molecular complexity index is 1790. The van der Waals surface area contributed by atoms with Crippen molar-refractivity contribution in [3.05, 3.63) is 90.0 Å². The van der Waals surface area contributed by atoms with Crippen LogP contribution in [-0.2, 0) is 0 Å². The number of thiazole rings is 1. The number of ketones is 1. The summed E-state index contributed by atoms with van der Waals surface area (Å²) in [5, 5.41) is 0.927. The minimum atomic E-state index is -0.224. The monoisotopic (exact) mass is 641 g/mol. The molecule has 0 aliphatic rings. The molecule has 0 spiro atoms. The van der Waals surface area contributed by atoms with Gasteiger partial charge in [0, 0.05) is 17.5 Å². The molecule has 0 unspecified atom stereocenters. The number of benzene rings is 4. The summed E-state index contributed by atoms with van der Waals surface area (Å²) in [7, 11) is 7.73. The molecule has 9 nitrogen and oxygen atoms in total. The van der Waals surface area contributed by atoms with Gasteiger partial charge in [-0.15, -0.1) is 11.3 Å². The van der Waals surface area contributed by atoms with Crippen molar-refractivity contribution in [1.82, 2.24) is 4.98 Å². The number of ether oxygens (including phenoxy) is 7. The van der Waals surface area contributed by atoms with Gasteiger partial charge in [-0.1, -0.05) is 24.3 Å². The van der Waals surface area contributed by atoms with E-state index in [0.29, 0.717) is 65.4 Å². The van der Waals surface area contributed by atoms with Gasteiger partial charge in [0.05, 0.1) is 59.0 Å². The van der Waals surface area contributed by atoms with E-state index in [2.05, 4.69) is 6.07 Å². The lowest BCUT2D eigenvalue weighted by Crippen LogP contribution is -2.06. The number of allylic oxidation sites excluding steroid dienone is 1. The number of methoxy groups -OCH3 is 5. The summed E-state index contributed by atoms with van der Waals surface area (Å²) in [6, 6.07) is 22.6. The summed E-state index contributed by atoms with van der Waals surface area (Å²) >= 11 is 1.64. The third-order valence-corrected chi connectivity index (χ3v) is 8.16. The molecule has 0 saturated heterocycles. The van der Waals surface area contributed by atoms with Gasteiger partial charge in [-0.05, 0) is 66.2 Å². The molecule has 0 aliphatic heterocycles. The van der Waals surface area contributed by atoms with Crippen molar-refractivity contribution in [1.29, 1.82) is 0 Å². The van der Waals surface area contributed by atoms with Gasteiger partial charge < -0.3 is 33.2 Å². The molecule has 46 heavy (non-hydrogen) atoms. The summed E-state index contributed by atoms with van der Waals surface area (Å²) in [6.07, 6.45) is 3.81. The third-order valence-electron chi connectivity index (χ3n) is 7.07. The SMILES string of the molecule is COc1cc(-c2nc3ccccc3s2)ccc1OCCCOc1cc(/C=C/C(=O)c2cc(OC)c(OC)c(OC)c2)ccc1OC. The largest absolute Gasteiger partial charge is 0.493 e. The van der Waals surface area contributed by atoms with Crippen LogP contribution in [0.4, 0.5) is 0 Å². The molecule has 1 aromatic heterocycles. The molecule has 10 heteroatoms. The van der Waals surface area contributed by atoms with Gasteiger partial charge in [0.25, 0.3) is 0 Å². The van der Waals surface area contributed by atoms with Crippen molar-refractivity contribution >= 4 is 33.4 Å². The van der Waals surface area contributed by atoms with Crippen molar-refractivity contribution in [3.63, 3.8) is 0 Å². The molecule has 0 aliphatic carbocycles. The molecule has 0 saturated carbocycles. The van der Waals surface area contributed by atoms with E-state index in [4.69, 9.17) is 38.1 Å². The molecule has 0 bridgehead atoms. The van der Waals surface area contributed by atoms with Gasteiger partial charge in [0.1, 0.15) is 5.01 Å². The molecular formula is C36H35NO8S. The second kappa shape index (κ2) is 15.2. The lowest BCUT2D eigenvalue weighted by atomic mass is 10.1. The fourth-order valence-corrected chi connectivity index (χ4v) is 5.70. The minimum Gasteiger partial charge on any atom is -0.493 e. The van der Waals surface area contributed by atoms with Gasteiger partial charge in [0.15, 0.2) is 40.3 Å². The van der Waals surface area contributed by atoms with E-state index in [0.717, 1.165) is 26.4 Å². The molecule has 4 aromatic carbocycles. The van der Waals surface area contributed by atoms with E-state index in [-0.39, 0.29) is 5.78 Å². The van der Waals surface area contributed by atoms with Crippen LogP contribution in [0.2, 0.25) is 0 Å². The molecular weight excluding hydrogens is 606 g/mol. The number of aromatic nitrogens is 1. The molecule has 0 fully saturated rings. The van der Waals surface area contributed by atoms with E-state index in [9.17, 15) is 4.79 Å². The maximum absolute atomic E-state index is 13.0. The summed E-state index contributed by atoms with van der Waals surface area (Å²) in [4.78, 5) is 17.7. The summed E-state index contributed by atoms with van der Waals surface area (Å²) in [6.45, 7) is 0.808. The summed E-state index contributed by atoms with van der Waals surface area (Å²) in [5.74, 6) is 3.44. The topological polar surface area (TPSA) is 94.6 Å². The Morgan fingerprint density at radius 1 is 0.696 bits per heavy atom. The average molecular weight is 642 g/mol. The van der Waals surface area contributed by atoms with Crippen LogP contribution in [0.15, 0.2) is 78.9 Å². The maximum atomic E-state index is 13.0. The fraction of sp³-hybridized carbons (Fsp3) is 0.222. The fourth-order valence-electron chi connectivity index (χ4n) is 4.74. The number of hydrogen-bond donors (Lipinski definition) is 0. The minimum absolute atomic E-state index is 0.224. The van der Waals surface area contributed by atoms with Gasteiger partial charge >= 0.3 is 0 Å². The standard InChI is InChI=1S/C36H35NO8S/c1-39-28-15-12-23(11-14-27(38)25-21-32(41-3)35(43-5)33(22-25)42-4)19-31(28)45-18-8-17-44-29-16-13-24(20-30(29)40-2)36-37-26-9-6-7-10-34(26)46-36/h6-7,9-16,19-22H,8,17-18H2,1-5H3/b14-11+. The number of nitrogens with zero attached hydrogens (tertiary/aromatic N) is 1. The second-order valence-electron chi connectivity index (χ2n) is 9.92. The Kier molecular flexibility index (Phi) is 10.6. The Morgan fingerprint density at radius 2 is 1.37 bits per heavy atom. The van der Waals surface area contributed by atoms with Crippen molar-refractivity contribution in [2.75, 3.05) is 48.8 Å². The number of rotatable bonds is 15. The first kappa shape index (κ1) is 32.2. The highest BCUT2D eigenvalue weighted by Crippen LogP contribution is 2.39. The van der Waals surface area contributed by atoms with Crippen molar-refractivity contribution in [3.8, 4) is 50.8 Å². The van der Waals surface area contributed by atoms with Crippen LogP contribution in [0.1, 0.15) is 22.3 Å². The smallest absolute Gasteiger partial charge is 0.203 e. The maximum Gasteiger partial charge on any atom is 0.203 e. The van der Waals surface area contributed by atoms with Crippen molar-refractivity contribution in [2.24, 2.45) is 0 Å². The average Bonchev–Trinajstić information content (AvgIpc) is 3.54. The van der Waals surface area contributed by atoms with Gasteiger partial charge in [-0.25, -0.2) is 4.98 Å². The molecule has 5 rings (SSSR count). The number of fused-ring (bicyclic) bond motifs is 1. The first-order chi connectivity index (χ1) is 22.5. The summed E-state index contributed by atoms with van der Waals surface area (Å²) in [5.41, 5.74) is 3.12. The van der Waals surface area contributed by atoms with Crippen molar-refractivity contribution in [2.45, 2.75) is 6.42 Å². The van der Waals surface area contributed by atoms with Crippen LogP contribution < -0.4 is 33.2 Å². The Hall–Kier alpha value is -5.22. The van der Waals surface area contributed by atoms with Crippen LogP contribution in [-0.4, -0.2) is 59.5 Å². The van der Waals surface area contributed by atoms with E-state index in [1.165, 1.54) is 27.4 Å². The highest BCUT2D eigenvalue weighted by atomic mass is 32.1. The summed E-state index contributed by atoms with van der Waals surface area (Å²) < 4.78 is 40.4. The normalized spacial score (nSPS) is 11.0. The predicted octanol–water partition coefficient (Wildman–Crippen LogP) is 7.75. The molecule has 0 radical (unpaired) electrons. The quantitative estimate of drug-likeness (QED) is 0.0646. The van der Waals surface area contributed by atoms with Gasteiger partial charge in [-0.3, -0.25) is 4.79 Å². The Balaban J connectivity index is 1.18. The molecule has 1 heterocycles. The zero-order valence-corrected chi connectivity index (χ0v) is 27.1. The lowest BCUT2D eigenvalue weighted by molar-refractivity contribution is 0.104. The van der Waals surface area contributed by atoms with Crippen LogP contribution in [0.5, 0.6) is 40.2 Å². The Morgan fingerprint density at radius 3 is 2.04 bits per heavy atom. The molecule has 0 N–H and O–H groups in total.